The molecule has 0 spiro atoms. The molecule has 1 aromatic rings. The van der Waals surface area contributed by atoms with Crippen molar-refractivity contribution in [1.29, 1.82) is 0 Å². The Morgan fingerprint density at radius 2 is 2.09 bits per heavy atom. The summed E-state index contributed by atoms with van der Waals surface area (Å²) in [5.41, 5.74) is 0. The van der Waals surface area contributed by atoms with Crippen molar-refractivity contribution in [3.05, 3.63) is 24.2 Å². The van der Waals surface area contributed by atoms with E-state index < -0.39 is 0 Å². The molecule has 1 N–H and O–H groups in total. The van der Waals surface area contributed by atoms with Crippen molar-refractivity contribution < 1.29 is 13.9 Å². The average molecular weight is 323 g/mol. The Morgan fingerprint density at radius 1 is 1.32 bits per heavy atom. The zero-order chi connectivity index (χ0) is 15.4. The van der Waals surface area contributed by atoms with Gasteiger partial charge < -0.3 is 24.3 Å². The van der Waals surface area contributed by atoms with Gasteiger partial charge in [0.15, 0.2) is 10.9 Å². The molecule has 120 valence electrons. The second-order valence-electron chi connectivity index (χ2n) is 5.58. The van der Waals surface area contributed by atoms with E-state index in [0.717, 1.165) is 44.2 Å². The van der Waals surface area contributed by atoms with Crippen molar-refractivity contribution in [1.82, 2.24) is 15.1 Å². The number of amides is 1. The van der Waals surface area contributed by atoms with Gasteiger partial charge in [0, 0.05) is 39.3 Å². The fraction of sp³-hybridized carbons (Fsp3) is 0.600. The largest absolute Gasteiger partial charge is 0.459 e. The zero-order valence-electron chi connectivity index (χ0n) is 12.5. The standard InChI is InChI=1S/C15H21N3O3S/c19-14(13-4-2-10-21-13)17-5-7-18(8-6-17)15(22)16-11-12-3-1-9-20-12/h2,4,10,12H,1,3,5-9,11H2,(H,16,22)/t12-/m1/s1. The number of furan rings is 1. The monoisotopic (exact) mass is 323 g/mol. The number of ether oxygens (including phenoxy) is 1. The maximum absolute atomic E-state index is 12.2. The van der Waals surface area contributed by atoms with Crippen LogP contribution in [0.1, 0.15) is 23.4 Å². The maximum atomic E-state index is 12.2. The Balaban J connectivity index is 1.42. The first-order chi connectivity index (χ1) is 10.7. The lowest BCUT2D eigenvalue weighted by Crippen LogP contribution is -2.53. The highest BCUT2D eigenvalue weighted by atomic mass is 32.1. The molecule has 2 fully saturated rings. The van der Waals surface area contributed by atoms with Gasteiger partial charge in [0.1, 0.15) is 0 Å². The highest BCUT2D eigenvalue weighted by molar-refractivity contribution is 7.80. The summed E-state index contributed by atoms with van der Waals surface area (Å²) in [6.45, 7) is 4.41. The smallest absolute Gasteiger partial charge is 0.289 e. The fourth-order valence-electron chi connectivity index (χ4n) is 2.79. The highest BCUT2D eigenvalue weighted by Crippen LogP contribution is 2.12. The van der Waals surface area contributed by atoms with Crippen molar-refractivity contribution in [2.45, 2.75) is 18.9 Å². The SMILES string of the molecule is O=C(c1ccco1)N1CCN(C(=S)NC[C@H]2CCCO2)CC1. The topological polar surface area (TPSA) is 58.0 Å². The molecular weight excluding hydrogens is 302 g/mol. The molecular formula is C15H21N3O3S. The van der Waals surface area contributed by atoms with E-state index in [4.69, 9.17) is 21.4 Å². The summed E-state index contributed by atoms with van der Waals surface area (Å²) in [5.74, 6) is 0.343. The quantitative estimate of drug-likeness (QED) is 0.841. The predicted molar refractivity (Wildman–Crippen MR) is 85.8 cm³/mol. The van der Waals surface area contributed by atoms with Crippen molar-refractivity contribution >= 4 is 23.2 Å². The summed E-state index contributed by atoms with van der Waals surface area (Å²) in [6.07, 6.45) is 4.03. The van der Waals surface area contributed by atoms with Gasteiger partial charge in [0.05, 0.1) is 12.4 Å². The third-order valence-corrected chi connectivity index (χ3v) is 4.49. The molecule has 0 aromatic carbocycles. The van der Waals surface area contributed by atoms with Gasteiger partial charge in [0.2, 0.25) is 0 Å². The molecule has 1 amide bonds. The van der Waals surface area contributed by atoms with Crippen LogP contribution in [0.15, 0.2) is 22.8 Å². The second-order valence-corrected chi connectivity index (χ2v) is 5.96. The molecule has 1 aromatic heterocycles. The normalized spacial score (nSPS) is 21.9. The fourth-order valence-corrected chi connectivity index (χ4v) is 3.05. The maximum Gasteiger partial charge on any atom is 0.289 e. The first-order valence-corrected chi connectivity index (χ1v) is 8.12. The van der Waals surface area contributed by atoms with E-state index in [9.17, 15) is 4.79 Å². The van der Waals surface area contributed by atoms with Crippen molar-refractivity contribution in [3.63, 3.8) is 0 Å². The highest BCUT2D eigenvalue weighted by Gasteiger charge is 2.25. The van der Waals surface area contributed by atoms with Crippen molar-refractivity contribution in [3.8, 4) is 0 Å². The van der Waals surface area contributed by atoms with E-state index in [2.05, 4.69) is 10.2 Å². The van der Waals surface area contributed by atoms with Crippen LogP contribution in [0.5, 0.6) is 0 Å². The van der Waals surface area contributed by atoms with Gasteiger partial charge in [-0.25, -0.2) is 0 Å². The molecule has 0 aliphatic carbocycles. The van der Waals surface area contributed by atoms with Gasteiger partial charge in [0.25, 0.3) is 5.91 Å². The minimum absolute atomic E-state index is 0.0529. The van der Waals surface area contributed by atoms with Crippen LogP contribution in [-0.2, 0) is 4.74 Å². The molecule has 0 bridgehead atoms. The summed E-state index contributed by atoms with van der Waals surface area (Å²) in [6, 6.07) is 3.43. The van der Waals surface area contributed by atoms with Crippen LogP contribution in [0.2, 0.25) is 0 Å². The lowest BCUT2D eigenvalue weighted by atomic mass is 10.2. The number of rotatable bonds is 3. The average Bonchev–Trinajstić information content (AvgIpc) is 3.25. The summed E-state index contributed by atoms with van der Waals surface area (Å²) < 4.78 is 10.7. The molecule has 7 heteroatoms. The molecule has 0 unspecified atom stereocenters. The van der Waals surface area contributed by atoms with Gasteiger partial charge in [-0.2, -0.15) is 0 Å². The van der Waals surface area contributed by atoms with Crippen LogP contribution in [0.4, 0.5) is 0 Å². The minimum Gasteiger partial charge on any atom is -0.459 e. The summed E-state index contributed by atoms with van der Waals surface area (Å²) in [7, 11) is 0. The van der Waals surface area contributed by atoms with Crippen LogP contribution in [0.3, 0.4) is 0 Å². The van der Waals surface area contributed by atoms with E-state index >= 15 is 0 Å². The van der Waals surface area contributed by atoms with E-state index in [1.807, 2.05) is 0 Å². The van der Waals surface area contributed by atoms with Crippen LogP contribution in [0, 0.1) is 0 Å². The summed E-state index contributed by atoms with van der Waals surface area (Å²) in [4.78, 5) is 16.1. The molecule has 2 aliphatic rings. The molecule has 0 radical (unpaired) electrons. The number of thiocarbonyl (C=S) groups is 1. The number of hydrogen-bond acceptors (Lipinski definition) is 4. The lowest BCUT2D eigenvalue weighted by molar-refractivity contribution is 0.0658. The third-order valence-electron chi connectivity index (χ3n) is 4.09. The van der Waals surface area contributed by atoms with E-state index in [0.29, 0.717) is 18.8 Å². The molecule has 3 rings (SSSR count). The van der Waals surface area contributed by atoms with E-state index in [1.54, 1.807) is 17.0 Å². The van der Waals surface area contributed by atoms with Gasteiger partial charge in [-0.1, -0.05) is 0 Å². The number of nitrogens with zero attached hydrogens (tertiary/aromatic N) is 2. The van der Waals surface area contributed by atoms with Crippen LogP contribution >= 0.6 is 12.2 Å². The number of carbonyl (C=O) groups excluding carboxylic acids is 1. The van der Waals surface area contributed by atoms with Gasteiger partial charge in [-0.05, 0) is 37.2 Å². The van der Waals surface area contributed by atoms with Crippen molar-refractivity contribution in [2.24, 2.45) is 0 Å². The van der Waals surface area contributed by atoms with E-state index in [1.165, 1.54) is 6.26 Å². The molecule has 3 heterocycles. The minimum atomic E-state index is -0.0529. The number of hydrogen-bond donors (Lipinski definition) is 1. The Labute approximate surface area is 135 Å². The molecule has 22 heavy (non-hydrogen) atoms. The zero-order valence-corrected chi connectivity index (χ0v) is 13.3. The Hall–Kier alpha value is -1.60. The summed E-state index contributed by atoms with van der Waals surface area (Å²) >= 11 is 5.43. The first kappa shape index (κ1) is 15.3. The lowest BCUT2D eigenvalue weighted by Gasteiger charge is -2.36. The van der Waals surface area contributed by atoms with Crippen molar-refractivity contribution in [2.75, 3.05) is 39.3 Å². The molecule has 2 saturated heterocycles. The first-order valence-electron chi connectivity index (χ1n) is 7.71. The molecule has 2 aliphatic heterocycles. The molecule has 6 nitrogen and oxygen atoms in total. The Bertz CT molecular complexity index is 506. The van der Waals surface area contributed by atoms with Gasteiger partial charge in [-0.3, -0.25) is 4.79 Å². The summed E-state index contributed by atoms with van der Waals surface area (Å²) in [5, 5.41) is 4.03. The molecule has 1 atom stereocenters. The predicted octanol–water partition coefficient (Wildman–Crippen LogP) is 1.09. The number of nitrogens with one attached hydrogen (secondary N) is 1. The third kappa shape index (κ3) is 3.59. The van der Waals surface area contributed by atoms with Gasteiger partial charge >= 0.3 is 0 Å². The number of carbonyl (C=O) groups is 1. The molecule has 0 saturated carbocycles. The van der Waals surface area contributed by atoms with E-state index in [-0.39, 0.29) is 12.0 Å². The van der Waals surface area contributed by atoms with Gasteiger partial charge in [-0.15, -0.1) is 0 Å². The number of piperazine rings is 1. The Kier molecular flexibility index (Phi) is 4.94. The van der Waals surface area contributed by atoms with Crippen LogP contribution < -0.4 is 5.32 Å². The van der Waals surface area contributed by atoms with Crippen LogP contribution in [0.25, 0.3) is 0 Å². The van der Waals surface area contributed by atoms with Crippen LogP contribution in [-0.4, -0.2) is 66.3 Å². The second kappa shape index (κ2) is 7.11. The Morgan fingerprint density at radius 3 is 2.73 bits per heavy atom.